The van der Waals surface area contributed by atoms with E-state index in [4.69, 9.17) is 37.6 Å². The number of methoxy groups -OCH3 is 1. The van der Waals surface area contributed by atoms with Gasteiger partial charge >= 0.3 is 5.97 Å². The minimum Gasteiger partial charge on any atom is -0.468 e. The lowest BCUT2D eigenvalue weighted by Gasteiger charge is -2.12. The maximum atomic E-state index is 12.3. The van der Waals surface area contributed by atoms with Gasteiger partial charge in [0.2, 0.25) is 10.0 Å². The maximum Gasteiger partial charge on any atom is 0.316 e. The number of aromatic nitrogens is 1. The van der Waals surface area contributed by atoms with Gasteiger partial charge in [0.25, 0.3) is 0 Å². The van der Waals surface area contributed by atoms with Crippen molar-refractivity contribution in [3.05, 3.63) is 58.3 Å². The molecule has 1 unspecified atom stereocenters. The molecule has 1 heterocycles. The van der Waals surface area contributed by atoms with Gasteiger partial charge in [-0.3, -0.25) is 4.79 Å². The molecule has 7 nitrogen and oxygen atoms in total. The zero-order valence-electron chi connectivity index (χ0n) is 16.1. The van der Waals surface area contributed by atoms with Crippen LogP contribution in [0.25, 0.3) is 22.4 Å². The van der Waals surface area contributed by atoms with Crippen molar-refractivity contribution in [1.29, 1.82) is 0 Å². The summed E-state index contributed by atoms with van der Waals surface area (Å²) >= 11 is 12.2. The molecular formula is C20H18Cl2N2O5S. The standard InChI is InChI=1S/C20H18Cl2N2O5S/c1-3-14(20(25)28-2)19-17(11-4-7-13(8-5-11)30(23,26)27)18(24-29-19)12-6-9-15(21)16(22)10-12/h4-10,14H,3H2,1-2H3,(H2,23,26,27). The second-order valence-corrected chi connectivity index (χ2v) is 8.83. The number of nitrogens with zero attached hydrogens (tertiary/aromatic N) is 1. The third-order valence-corrected chi connectivity index (χ3v) is 6.26. The molecule has 2 aromatic carbocycles. The van der Waals surface area contributed by atoms with Crippen molar-refractivity contribution in [3.8, 4) is 22.4 Å². The number of sulfonamides is 1. The Morgan fingerprint density at radius 3 is 2.30 bits per heavy atom. The average molecular weight is 469 g/mol. The van der Waals surface area contributed by atoms with Gasteiger partial charge in [-0.15, -0.1) is 0 Å². The first-order valence-corrected chi connectivity index (χ1v) is 11.1. The van der Waals surface area contributed by atoms with E-state index >= 15 is 0 Å². The summed E-state index contributed by atoms with van der Waals surface area (Å²) in [4.78, 5) is 12.3. The predicted molar refractivity (Wildman–Crippen MR) is 114 cm³/mol. The molecule has 0 fully saturated rings. The summed E-state index contributed by atoms with van der Waals surface area (Å²) in [5.41, 5.74) is 2.15. The highest BCUT2D eigenvalue weighted by Gasteiger charge is 2.30. The third kappa shape index (κ3) is 4.37. The van der Waals surface area contributed by atoms with E-state index in [1.54, 1.807) is 30.3 Å². The number of carbonyl (C=O) groups is 1. The highest BCUT2D eigenvalue weighted by atomic mass is 35.5. The topological polar surface area (TPSA) is 112 Å². The summed E-state index contributed by atoms with van der Waals surface area (Å²) in [5.74, 6) is -0.877. The van der Waals surface area contributed by atoms with Gasteiger partial charge in [-0.1, -0.05) is 53.5 Å². The van der Waals surface area contributed by atoms with Crippen molar-refractivity contribution >= 4 is 39.2 Å². The molecule has 3 rings (SSSR count). The lowest BCUT2D eigenvalue weighted by atomic mass is 9.92. The van der Waals surface area contributed by atoms with Crippen molar-refractivity contribution in [2.45, 2.75) is 24.2 Å². The van der Waals surface area contributed by atoms with E-state index in [1.807, 2.05) is 6.92 Å². The molecule has 1 atom stereocenters. The normalized spacial score (nSPS) is 12.6. The SMILES string of the molecule is CCC(C(=O)OC)c1onc(-c2ccc(Cl)c(Cl)c2)c1-c1ccc(S(N)(=O)=O)cc1. The fourth-order valence-corrected chi connectivity index (χ4v) is 3.89. The molecule has 158 valence electrons. The fourth-order valence-electron chi connectivity index (χ4n) is 3.07. The zero-order valence-corrected chi connectivity index (χ0v) is 18.4. The number of nitrogens with two attached hydrogens (primary N) is 1. The van der Waals surface area contributed by atoms with Crippen LogP contribution in [0.3, 0.4) is 0 Å². The minimum absolute atomic E-state index is 0.0413. The Hall–Kier alpha value is -2.39. The molecule has 0 bridgehead atoms. The van der Waals surface area contributed by atoms with Crippen LogP contribution in [0.1, 0.15) is 25.0 Å². The molecule has 0 spiro atoms. The van der Waals surface area contributed by atoms with Crippen molar-refractivity contribution in [2.75, 3.05) is 7.11 Å². The molecule has 30 heavy (non-hydrogen) atoms. The highest BCUT2D eigenvalue weighted by molar-refractivity contribution is 7.89. The van der Waals surface area contributed by atoms with E-state index in [9.17, 15) is 13.2 Å². The Morgan fingerprint density at radius 2 is 1.77 bits per heavy atom. The second-order valence-electron chi connectivity index (χ2n) is 6.45. The van der Waals surface area contributed by atoms with Crippen molar-refractivity contribution in [2.24, 2.45) is 5.14 Å². The predicted octanol–water partition coefficient (Wildman–Crippen LogP) is 4.63. The van der Waals surface area contributed by atoms with E-state index in [-0.39, 0.29) is 4.90 Å². The molecule has 0 saturated carbocycles. The average Bonchev–Trinajstić information content (AvgIpc) is 3.14. The van der Waals surface area contributed by atoms with Crippen LogP contribution in [-0.4, -0.2) is 26.7 Å². The van der Waals surface area contributed by atoms with Crippen LogP contribution < -0.4 is 5.14 Å². The van der Waals surface area contributed by atoms with Gasteiger partial charge in [-0.05, 0) is 36.2 Å². The van der Waals surface area contributed by atoms with Crippen LogP contribution in [0.2, 0.25) is 10.0 Å². The fraction of sp³-hybridized carbons (Fsp3) is 0.200. The van der Waals surface area contributed by atoms with Crippen molar-refractivity contribution in [3.63, 3.8) is 0 Å². The third-order valence-electron chi connectivity index (χ3n) is 4.59. The molecule has 0 saturated heterocycles. The first-order chi connectivity index (χ1) is 14.2. The van der Waals surface area contributed by atoms with Gasteiger partial charge < -0.3 is 9.26 Å². The summed E-state index contributed by atoms with van der Waals surface area (Å²) in [6.45, 7) is 1.82. The monoisotopic (exact) mass is 468 g/mol. The molecule has 10 heteroatoms. The molecule has 1 aromatic heterocycles. The lowest BCUT2D eigenvalue weighted by Crippen LogP contribution is -2.14. The highest BCUT2D eigenvalue weighted by Crippen LogP contribution is 2.40. The van der Waals surface area contributed by atoms with E-state index in [1.165, 1.54) is 19.2 Å². The second kappa shape index (κ2) is 8.77. The molecular weight excluding hydrogens is 451 g/mol. The van der Waals surface area contributed by atoms with Crippen molar-refractivity contribution in [1.82, 2.24) is 5.16 Å². The van der Waals surface area contributed by atoms with Gasteiger partial charge in [0.1, 0.15) is 11.6 Å². The molecule has 0 aliphatic carbocycles. The van der Waals surface area contributed by atoms with E-state index in [0.29, 0.717) is 44.6 Å². The van der Waals surface area contributed by atoms with Crippen molar-refractivity contribution < 1.29 is 22.5 Å². The van der Waals surface area contributed by atoms with Gasteiger partial charge in [0, 0.05) is 5.56 Å². The largest absolute Gasteiger partial charge is 0.468 e. The first-order valence-electron chi connectivity index (χ1n) is 8.83. The van der Waals surface area contributed by atoms with Crippen LogP contribution in [0.5, 0.6) is 0 Å². The van der Waals surface area contributed by atoms with Crippen LogP contribution in [0.4, 0.5) is 0 Å². The Labute approximate surface area is 183 Å². The first kappa shape index (κ1) is 22.3. The molecule has 3 aromatic rings. The summed E-state index contributed by atoms with van der Waals surface area (Å²) in [6, 6.07) is 10.9. The quantitative estimate of drug-likeness (QED) is 0.527. The van der Waals surface area contributed by atoms with Gasteiger partial charge in [-0.2, -0.15) is 0 Å². The molecule has 0 amide bonds. The maximum absolute atomic E-state index is 12.3. The number of carbonyl (C=O) groups excluding carboxylic acids is 1. The van der Waals surface area contributed by atoms with Crippen LogP contribution in [0, 0.1) is 0 Å². The van der Waals surface area contributed by atoms with Gasteiger partial charge in [-0.25, -0.2) is 13.6 Å². The van der Waals surface area contributed by atoms with E-state index < -0.39 is 21.9 Å². The zero-order chi connectivity index (χ0) is 22.1. The number of benzene rings is 2. The molecule has 0 radical (unpaired) electrons. The van der Waals surface area contributed by atoms with E-state index in [2.05, 4.69) is 5.16 Å². The minimum atomic E-state index is -3.85. The lowest BCUT2D eigenvalue weighted by molar-refractivity contribution is -0.143. The Morgan fingerprint density at radius 1 is 1.13 bits per heavy atom. The molecule has 2 N–H and O–H groups in total. The number of ether oxygens (including phenoxy) is 1. The number of halogens is 2. The Bertz CT molecular complexity index is 1190. The summed E-state index contributed by atoms with van der Waals surface area (Å²) in [7, 11) is -2.56. The summed E-state index contributed by atoms with van der Waals surface area (Å²) < 4.78 is 33.7. The Kier molecular flexibility index (Phi) is 6.52. The summed E-state index contributed by atoms with van der Waals surface area (Å²) in [6.07, 6.45) is 0.408. The van der Waals surface area contributed by atoms with Gasteiger partial charge in [0.05, 0.1) is 27.6 Å². The van der Waals surface area contributed by atoms with Crippen LogP contribution in [0.15, 0.2) is 51.9 Å². The number of hydrogen-bond donors (Lipinski definition) is 1. The number of rotatable bonds is 6. The number of esters is 1. The number of hydrogen-bond acceptors (Lipinski definition) is 6. The van der Waals surface area contributed by atoms with Crippen LogP contribution >= 0.6 is 23.2 Å². The van der Waals surface area contributed by atoms with Crippen LogP contribution in [-0.2, 0) is 19.6 Å². The molecule has 0 aliphatic heterocycles. The van der Waals surface area contributed by atoms with E-state index in [0.717, 1.165) is 0 Å². The van der Waals surface area contributed by atoms with Gasteiger partial charge in [0.15, 0.2) is 5.76 Å². The Balaban J connectivity index is 2.24. The molecule has 0 aliphatic rings. The smallest absolute Gasteiger partial charge is 0.316 e. The summed E-state index contributed by atoms with van der Waals surface area (Å²) in [5, 5.41) is 10.1. The number of primary sulfonamides is 1.